The van der Waals surface area contributed by atoms with Crippen molar-refractivity contribution >= 4 is 40.2 Å². The first-order valence-electron chi connectivity index (χ1n) is 12.6. The van der Waals surface area contributed by atoms with Crippen molar-refractivity contribution < 1.29 is 23.8 Å². The van der Waals surface area contributed by atoms with Gasteiger partial charge in [0.15, 0.2) is 17.2 Å². The number of carbonyl (C=O) groups is 2. The van der Waals surface area contributed by atoms with Gasteiger partial charge >= 0.3 is 0 Å². The molecule has 0 saturated carbocycles. The summed E-state index contributed by atoms with van der Waals surface area (Å²) in [6.45, 7) is 9.40. The molecule has 2 aliphatic rings. The summed E-state index contributed by atoms with van der Waals surface area (Å²) in [5, 5.41) is 11.2. The van der Waals surface area contributed by atoms with Crippen LogP contribution in [0.3, 0.4) is 0 Å². The number of aromatic nitrogens is 1. The Hall–Kier alpha value is -3.18. The number of hydrogen-bond donors (Lipinski definition) is 2. The number of amides is 1. The topological polar surface area (TPSA) is 117 Å². The lowest BCUT2D eigenvalue weighted by Crippen LogP contribution is -2.37. The lowest BCUT2D eigenvalue weighted by Gasteiger charge is -2.31. The van der Waals surface area contributed by atoms with E-state index < -0.39 is 0 Å². The summed E-state index contributed by atoms with van der Waals surface area (Å²) in [6, 6.07) is 5.54. The Morgan fingerprint density at radius 3 is 2.53 bits per heavy atom. The van der Waals surface area contributed by atoms with Crippen LogP contribution >= 0.6 is 17.0 Å². The van der Waals surface area contributed by atoms with Crippen LogP contribution in [0.25, 0.3) is 0 Å². The van der Waals surface area contributed by atoms with Gasteiger partial charge in [0.05, 0.1) is 39.2 Å². The molecule has 38 heavy (non-hydrogen) atoms. The maximum absolute atomic E-state index is 13.6. The molecule has 2 N–H and O–H groups in total. The molecule has 206 valence electrons. The molecule has 3 heterocycles. The standard InChI is InChI=1S/C27H35N5O5.BrH/c1-6-37-22-13-18-14-32(26(28)23(18)30-24(22)27(34)29-4)15-21(33)17-11-19(16(2)3)25(35-5)20(12-17)31-7-9-36-10-8-31;/h11-13,16,28H,6-10,14-15H2,1-5H3,(H,29,34);1H. The van der Waals surface area contributed by atoms with E-state index in [4.69, 9.17) is 19.6 Å². The van der Waals surface area contributed by atoms with E-state index in [-0.39, 0.29) is 52.7 Å². The van der Waals surface area contributed by atoms with Crippen molar-refractivity contribution in [3.8, 4) is 11.5 Å². The third-order valence-electron chi connectivity index (χ3n) is 6.64. The molecule has 0 bridgehead atoms. The first-order valence-corrected chi connectivity index (χ1v) is 12.6. The number of amidine groups is 1. The zero-order chi connectivity index (χ0) is 26.7. The number of ketones is 1. The molecule has 2 aliphatic heterocycles. The van der Waals surface area contributed by atoms with Gasteiger partial charge in [-0.05, 0) is 36.6 Å². The molecule has 2 aromatic rings. The fourth-order valence-corrected chi connectivity index (χ4v) is 4.73. The van der Waals surface area contributed by atoms with Crippen LogP contribution in [-0.4, -0.2) is 81.0 Å². The summed E-state index contributed by atoms with van der Waals surface area (Å²) in [6.07, 6.45) is 0. The number of methoxy groups -OCH3 is 1. The van der Waals surface area contributed by atoms with Gasteiger partial charge in [0, 0.05) is 37.8 Å². The van der Waals surface area contributed by atoms with Crippen LogP contribution in [0, 0.1) is 5.41 Å². The largest absolute Gasteiger partial charge is 0.494 e. The zero-order valence-corrected chi connectivity index (χ0v) is 24.3. The summed E-state index contributed by atoms with van der Waals surface area (Å²) < 4.78 is 16.9. The number of fused-ring (bicyclic) bond motifs is 1. The highest BCUT2D eigenvalue weighted by Gasteiger charge is 2.31. The Labute approximate surface area is 233 Å². The number of hydrogen-bond acceptors (Lipinski definition) is 8. The van der Waals surface area contributed by atoms with Crippen LogP contribution in [0.4, 0.5) is 5.69 Å². The second-order valence-corrected chi connectivity index (χ2v) is 9.35. The fraction of sp³-hybridized carbons (Fsp3) is 0.481. The number of halogens is 1. The highest BCUT2D eigenvalue weighted by molar-refractivity contribution is 8.93. The van der Waals surface area contributed by atoms with Crippen molar-refractivity contribution in [1.82, 2.24) is 15.2 Å². The monoisotopic (exact) mass is 589 g/mol. The summed E-state index contributed by atoms with van der Waals surface area (Å²) >= 11 is 0. The average molecular weight is 591 g/mol. The van der Waals surface area contributed by atoms with Gasteiger partial charge in [-0.25, -0.2) is 4.98 Å². The molecule has 0 unspecified atom stereocenters. The Kier molecular flexibility index (Phi) is 9.72. The van der Waals surface area contributed by atoms with Crippen LogP contribution in [-0.2, 0) is 11.3 Å². The maximum Gasteiger partial charge on any atom is 0.273 e. The molecule has 1 amide bonds. The van der Waals surface area contributed by atoms with E-state index >= 15 is 0 Å². The van der Waals surface area contributed by atoms with Crippen molar-refractivity contribution in [2.75, 3.05) is 58.5 Å². The van der Waals surface area contributed by atoms with Crippen molar-refractivity contribution in [2.24, 2.45) is 0 Å². The zero-order valence-electron chi connectivity index (χ0n) is 22.6. The number of ether oxygens (including phenoxy) is 3. The lowest BCUT2D eigenvalue weighted by atomic mass is 9.96. The van der Waals surface area contributed by atoms with E-state index in [1.54, 1.807) is 18.1 Å². The maximum atomic E-state index is 13.6. The Morgan fingerprint density at radius 1 is 1.21 bits per heavy atom. The molecular formula is C27H36BrN5O5. The third kappa shape index (κ3) is 5.78. The number of Topliss-reactive ketones (excluding diaryl/α,β-unsaturated/α-hetero) is 1. The number of benzene rings is 1. The number of anilines is 1. The van der Waals surface area contributed by atoms with Crippen LogP contribution in [0.2, 0.25) is 0 Å². The molecule has 1 aromatic carbocycles. The molecule has 0 spiro atoms. The molecule has 4 rings (SSSR count). The molecule has 0 radical (unpaired) electrons. The SMILES string of the molecule is Br.CCOc1cc2c(nc1C(=O)NC)C(=N)N(CC(=O)c1cc(C(C)C)c(OC)c(N3CCOCC3)c1)C2. The van der Waals surface area contributed by atoms with Gasteiger partial charge in [-0.15, -0.1) is 17.0 Å². The van der Waals surface area contributed by atoms with Gasteiger partial charge in [-0.1, -0.05) is 13.8 Å². The quantitative estimate of drug-likeness (QED) is 0.427. The van der Waals surface area contributed by atoms with Gasteiger partial charge in [0.2, 0.25) is 0 Å². The van der Waals surface area contributed by atoms with E-state index in [0.29, 0.717) is 43.4 Å². The average Bonchev–Trinajstić information content (AvgIpc) is 3.21. The van der Waals surface area contributed by atoms with E-state index in [9.17, 15) is 9.59 Å². The second kappa shape index (κ2) is 12.6. The molecule has 0 aliphatic carbocycles. The molecule has 1 saturated heterocycles. The predicted molar refractivity (Wildman–Crippen MR) is 151 cm³/mol. The van der Waals surface area contributed by atoms with Crippen LogP contribution < -0.4 is 19.7 Å². The summed E-state index contributed by atoms with van der Waals surface area (Å²) in [5.74, 6) is 0.929. The highest BCUT2D eigenvalue weighted by atomic mass is 79.9. The minimum absolute atomic E-state index is 0. The van der Waals surface area contributed by atoms with Gasteiger partial charge in [-0.2, -0.15) is 0 Å². The van der Waals surface area contributed by atoms with Gasteiger partial charge in [0.25, 0.3) is 5.91 Å². The van der Waals surface area contributed by atoms with Crippen molar-refractivity contribution in [1.29, 1.82) is 5.41 Å². The number of morpholine rings is 1. The number of rotatable bonds is 9. The Balaban J connectivity index is 0.00000400. The highest BCUT2D eigenvalue weighted by Crippen LogP contribution is 2.38. The Bertz CT molecular complexity index is 1210. The molecule has 1 fully saturated rings. The first kappa shape index (κ1) is 29.4. The molecule has 10 nitrogen and oxygen atoms in total. The van der Waals surface area contributed by atoms with Crippen molar-refractivity contribution in [3.63, 3.8) is 0 Å². The van der Waals surface area contributed by atoms with E-state index in [0.717, 1.165) is 35.7 Å². The smallest absolute Gasteiger partial charge is 0.273 e. The van der Waals surface area contributed by atoms with E-state index in [1.165, 1.54) is 7.05 Å². The molecule has 0 atom stereocenters. The summed E-state index contributed by atoms with van der Waals surface area (Å²) in [5.41, 5.74) is 3.70. The minimum Gasteiger partial charge on any atom is -0.494 e. The van der Waals surface area contributed by atoms with Crippen LogP contribution in [0.15, 0.2) is 18.2 Å². The lowest BCUT2D eigenvalue weighted by molar-refractivity contribution is 0.0949. The summed E-state index contributed by atoms with van der Waals surface area (Å²) in [4.78, 5) is 34.2. The predicted octanol–water partition coefficient (Wildman–Crippen LogP) is 3.41. The van der Waals surface area contributed by atoms with Gasteiger partial charge in [-0.3, -0.25) is 15.0 Å². The first-order chi connectivity index (χ1) is 17.8. The van der Waals surface area contributed by atoms with E-state index in [1.807, 2.05) is 19.1 Å². The number of nitrogens with one attached hydrogen (secondary N) is 2. The minimum atomic E-state index is -0.385. The molecule has 11 heteroatoms. The van der Waals surface area contributed by atoms with Crippen molar-refractivity contribution in [2.45, 2.75) is 33.2 Å². The van der Waals surface area contributed by atoms with Gasteiger partial charge < -0.3 is 29.3 Å². The molecular weight excluding hydrogens is 554 g/mol. The summed E-state index contributed by atoms with van der Waals surface area (Å²) in [7, 11) is 3.18. The van der Waals surface area contributed by atoms with Gasteiger partial charge in [0.1, 0.15) is 17.3 Å². The normalized spacial score (nSPS) is 14.7. The van der Waals surface area contributed by atoms with Crippen molar-refractivity contribution in [3.05, 3.63) is 46.3 Å². The van der Waals surface area contributed by atoms with Crippen LogP contribution in [0.5, 0.6) is 11.5 Å². The van der Waals surface area contributed by atoms with E-state index in [2.05, 4.69) is 29.0 Å². The number of nitrogens with zero attached hydrogens (tertiary/aromatic N) is 3. The number of pyridine rings is 1. The fourth-order valence-electron chi connectivity index (χ4n) is 4.73. The molecule has 1 aromatic heterocycles. The van der Waals surface area contributed by atoms with Crippen LogP contribution in [0.1, 0.15) is 64.4 Å². The second-order valence-electron chi connectivity index (χ2n) is 9.35. The Morgan fingerprint density at radius 2 is 1.92 bits per heavy atom. The number of carbonyl (C=O) groups excluding carboxylic acids is 2. The third-order valence-corrected chi connectivity index (χ3v) is 6.64.